The molecule has 3 aromatic rings. The average molecular weight is 384 g/mol. The van der Waals surface area contributed by atoms with Gasteiger partial charge in [-0.05, 0) is 48.1 Å². The largest absolute Gasteiger partial charge is 0.348 e. The Morgan fingerprint density at radius 2 is 2.04 bits per heavy atom. The van der Waals surface area contributed by atoms with Crippen molar-refractivity contribution in [2.75, 3.05) is 13.1 Å². The van der Waals surface area contributed by atoms with Crippen LogP contribution in [0.25, 0.3) is 10.6 Å². The van der Waals surface area contributed by atoms with Crippen LogP contribution in [0.15, 0.2) is 47.8 Å². The number of thiophene rings is 1. The Morgan fingerprint density at radius 3 is 2.74 bits per heavy atom. The smallest absolute Gasteiger partial charge is 0.272 e. The Balaban J connectivity index is 1.27. The molecular weight excluding hydrogens is 363 g/mol. The Labute approximate surface area is 161 Å². The lowest BCUT2D eigenvalue weighted by molar-refractivity contribution is 0.0904. The van der Waals surface area contributed by atoms with Crippen molar-refractivity contribution in [1.29, 1.82) is 0 Å². The average Bonchev–Trinajstić information content (AvgIpc) is 3.36. The Bertz CT molecular complexity index is 883. The van der Waals surface area contributed by atoms with E-state index < -0.39 is 0 Å². The monoisotopic (exact) mass is 384 g/mol. The molecule has 1 saturated heterocycles. The van der Waals surface area contributed by atoms with E-state index in [0.717, 1.165) is 48.6 Å². The molecule has 0 saturated carbocycles. The molecule has 1 aliphatic rings. The quantitative estimate of drug-likeness (QED) is 0.706. The molecule has 0 unspecified atom stereocenters. The van der Waals surface area contributed by atoms with Crippen LogP contribution >= 0.6 is 11.3 Å². The molecule has 1 aromatic carbocycles. The number of hydrogen-bond acceptors (Lipinski definition) is 4. The minimum absolute atomic E-state index is 0.133. The zero-order chi connectivity index (χ0) is 18.6. The van der Waals surface area contributed by atoms with Crippen molar-refractivity contribution < 1.29 is 9.18 Å². The fourth-order valence-electron chi connectivity index (χ4n) is 3.34. The van der Waals surface area contributed by atoms with Crippen LogP contribution in [0.4, 0.5) is 4.39 Å². The molecule has 0 bridgehead atoms. The maximum atomic E-state index is 13.0. The zero-order valence-electron chi connectivity index (χ0n) is 14.8. The van der Waals surface area contributed by atoms with Crippen molar-refractivity contribution in [3.8, 4) is 10.6 Å². The van der Waals surface area contributed by atoms with Gasteiger partial charge in [0.05, 0.1) is 10.6 Å². The van der Waals surface area contributed by atoms with E-state index in [1.54, 1.807) is 17.4 Å². The van der Waals surface area contributed by atoms with Crippen LogP contribution in [0.2, 0.25) is 0 Å². The predicted octanol–water partition coefficient (Wildman–Crippen LogP) is 3.67. The molecule has 1 aliphatic heterocycles. The third-order valence-electron chi connectivity index (χ3n) is 4.84. The summed E-state index contributed by atoms with van der Waals surface area (Å²) in [6.45, 7) is 2.62. The van der Waals surface area contributed by atoms with Crippen LogP contribution in [0, 0.1) is 5.82 Å². The van der Waals surface area contributed by atoms with Crippen LogP contribution in [0.1, 0.15) is 28.9 Å². The van der Waals surface area contributed by atoms with Gasteiger partial charge in [-0.2, -0.15) is 5.10 Å². The number of carbonyl (C=O) groups excluding carboxylic acids is 1. The van der Waals surface area contributed by atoms with Crippen molar-refractivity contribution in [3.63, 3.8) is 0 Å². The van der Waals surface area contributed by atoms with Gasteiger partial charge in [-0.15, -0.1) is 11.3 Å². The molecule has 140 valence electrons. The molecule has 2 N–H and O–H groups in total. The zero-order valence-corrected chi connectivity index (χ0v) is 15.6. The van der Waals surface area contributed by atoms with Gasteiger partial charge in [0.25, 0.3) is 5.91 Å². The van der Waals surface area contributed by atoms with E-state index in [9.17, 15) is 9.18 Å². The van der Waals surface area contributed by atoms with Gasteiger partial charge in [-0.25, -0.2) is 4.39 Å². The summed E-state index contributed by atoms with van der Waals surface area (Å²) in [5, 5.41) is 12.2. The molecule has 5 nitrogen and oxygen atoms in total. The summed E-state index contributed by atoms with van der Waals surface area (Å²) in [7, 11) is 0. The third-order valence-corrected chi connectivity index (χ3v) is 5.74. The summed E-state index contributed by atoms with van der Waals surface area (Å²) in [5.74, 6) is -0.341. The molecule has 0 spiro atoms. The minimum Gasteiger partial charge on any atom is -0.348 e. The number of halogens is 1. The minimum atomic E-state index is -0.208. The van der Waals surface area contributed by atoms with Gasteiger partial charge in [0.15, 0.2) is 5.69 Å². The van der Waals surface area contributed by atoms with E-state index in [1.165, 1.54) is 12.1 Å². The van der Waals surface area contributed by atoms with E-state index in [0.29, 0.717) is 5.69 Å². The van der Waals surface area contributed by atoms with Gasteiger partial charge < -0.3 is 5.32 Å². The number of nitrogens with one attached hydrogen (secondary N) is 2. The van der Waals surface area contributed by atoms with Crippen LogP contribution in [0.3, 0.4) is 0 Å². The first-order chi connectivity index (χ1) is 13.2. The summed E-state index contributed by atoms with van der Waals surface area (Å²) in [5.41, 5.74) is 2.40. The van der Waals surface area contributed by atoms with Crippen molar-refractivity contribution in [2.24, 2.45) is 0 Å². The van der Waals surface area contributed by atoms with Gasteiger partial charge >= 0.3 is 0 Å². The second-order valence-electron chi connectivity index (χ2n) is 6.79. The number of carbonyl (C=O) groups is 1. The standard InChI is InChI=1S/C20H21FN4OS/c21-15-5-3-14(4-6-15)13-25-9-7-16(8-10-25)22-20(26)18-12-17(23-24-18)19-2-1-11-27-19/h1-6,11-12,16H,7-10,13H2,(H,22,26)(H,23,24). The summed E-state index contributed by atoms with van der Waals surface area (Å²) < 4.78 is 13.0. The Morgan fingerprint density at radius 1 is 1.26 bits per heavy atom. The summed E-state index contributed by atoms with van der Waals surface area (Å²) in [6, 6.07) is 12.6. The van der Waals surface area contributed by atoms with Crippen LogP contribution < -0.4 is 5.32 Å². The molecule has 1 amide bonds. The lowest BCUT2D eigenvalue weighted by Crippen LogP contribution is -2.44. The third kappa shape index (κ3) is 4.43. The molecule has 4 rings (SSSR count). The Hall–Kier alpha value is -2.51. The number of aromatic amines is 1. The number of nitrogens with zero attached hydrogens (tertiary/aromatic N) is 2. The highest BCUT2D eigenvalue weighted by molar-refractivity contribution is 7.13. The summed E-state index contributed by atoms with van der Waals surface area (Å²) in [6.07, 6.45) is 1.80. The van der Waals surface area contributed by atoms with E-state index in [4.69, 9.17) is 0 Å². The normalized spacial score (nSPS) is 15.7. The molecular formula is C20H21FN4OS. The van der Waals surface area contributed by atoms with Crippen molar-refractivity contribution >= 4 is 17.2 Å². The topological polar surface area (TPSA) is 61.0 Å². The highest BCUT2D eigenvalue weighted by Crippen LogP contribution is 2.23. The van der Waals surface area contributed by atoms with E-state index in [-0.39, 0.29) is 17.8 Å². The molecule has 1 fully saturated rings. The highest BCUT2D eigenvalue weighted by Gasteiger charge is 2.22. The van der Waals surface area contributed by atoms with E-state index >= 15 is 0 Å². The van der Waals surface area contributed by atoms with E-state index in [1.807, 2.05) is 29.6 Å². The predicted molar refractivity (Wildman–Crippen MR) is 104 cm³/mol. The number of H-pyrrole nitrogens is 1. The molecule has 0 atom stereocenters. The first kappa shape index (κ1) is 17.9. The van der Waals surface area contributed by atoms with Crippen molar-refractivity contribution in [2.45, 2.75) is 25.4 Å². The first-order valence-electron chi connectivity index (χ1n) is 9.04. The molecule has 7 heteroatoms. The van der Waals surface area contributed by atoms with Crippen LogP contribution in [0.5, 0.6) is 0 Å². The van der Waals surface area contributed by atoms with Gasteiger partial charge in [0, 0.05) is 25.7 Å². The van der Waals surface area contributed by atoms with Gasteiger partial charge in [-0.1, -0.05) is 18.2 Å². The number of amides is 1. The maximum absolute atomic E-state index is 13.0. The van der Waals surface area contributed by atoms with Gasteiger partial charge in [0.1, 0.15) is 5.82 Å². The second kappa shape index (κ2) is 8.02. The molecule has 27 heavy (non-hydrogen) atoms. The number of aromatic nitrogens is 2. The molecule has 3 heterocycles. The van der Waals surface area contributed by atoms with Crippen LogP contribution in [-0.2, 0) is 6.54 Å². The number of rotatable bonds is 5. The van der Waals surface area contributed by atoms with Crippen LogP contribution in [-0.4, -0.2) is 40.1 Å². The lowest BCUT2D eigenvalue weighted by atomic mass is 10.0. The fraction of sp³-hybridized carbons (Fsp3) is 0.300. The SMILES string of the molecule is O=C(NC1CCN(Cc2ccc(F)cc2)CC1)c1cc(-c2cccs2)[nH]n1. The molecule has 2 aromatic heterocycles. The number of benzene rings is 1. The Kier molecular flexibility index (Phi) is 5.31. The molecule has 0 radical (unpaired) electrons. The first-order valence-corrected chi connectivity index (χ1v) is 9.92. The van der Waals surface area contributed by atoms with Gasteiger partial charge in [0.2, 0.25) is 0 Å². The number of piperidine rings is 1. The van der Waals surface area contributed by atoms with E-state index in [2.05, 4.69) is 20.4 Å². The maximum Gasteiger partial charge on any atom is 0.272 e. The lowest BCUT2D eigenvalue weighted by Gasteiger charge is -2.32. The fourth-order valence-corrected chi connectivity index (χ4v) is 4.03. The van der Waals surface area contributed by atoms with Crippen molar-refractivity contribution in [3.05, 3.63) is 64.9 Å². The van der Waals surface area contributed by atoms with Crippen molar-refractivity contribution in [1.82, 2.24) is 20.4 Å². The summed E-state index contributed by atoms with van der Waals surface area (Å²) in [4.78, 5) is 15.9. The highest BCUT2D eigenvalue weighted by atomic mass is 32.1. The second-order valence-corrected chi connectivity index (χ2v) is 7.74. The summed E-state index contributed by atoms with van der Waals surface area (Å²) >= 11 is 1.61. The molecule has 0 aliphatic carbocycles. The number of hydrogen-bond donors (Lipinski definition) is 2. The number of likely N-dealkylation sites (tertiary alicyclic amines) is 1. The van der Waals surface area contributed by atoms with Gasteiger partial charge in [-0.3, -0.25) is 14.8 Å².